The van der Waals surface area contributed by atoms with Crippen LogP contribution in [0.5, 0.6) is 11.6 Å². The summed E-state index contributed by atoms with van der Waals surface area (Å²) in [7, 11) is 0. The quantitative estimate of drug-likeness (QED) is 0.910. The zero-order valence-corrected chi connectivity index (χ0v) is 9.60. The van der Waals surface area contributed by atoms with Gasteiger partial charge in [0.15, 0.2) is 11.6 Å². The topological polar surface area (TPSA) is 42.4 Å². The first-order chi connectivity index (χ1) is 8.56. The highest BCUT2D eigenvalue weighted by Gasteiger charge is 2.06. The van der Waals surface area contributed by atoms with E-state index in [1.807, 2.05) is 0 Å². The molecule has 1 atom stereocenters. The van der Waals surface area contributed by atoms with Crippen LogP contribution in [0.4, 0.5) is 8.78 Å². The van der Waals surface area contributed by atoms with Gasteiger partial charge >= 0.3 is 0 Å². The second-order valence-electron chi connectivity index (χ2n) is 3.78. The summed E-state index contributed by atoms with van der Waals surface area (Å²) in [5.74, 6) is -1.51. The van der Waals surface area contributed by atoms with Gasteiger partial charge in [0.25, 0.3) is 0 Å². The molecular formula is C13H11F2NO2. The van der Waals surface area contributed by atoms with Crippen LogP contribution in [0.25, 0.3) is 0 Å². The molecule has 0 radical (unpaired) electrons. The molecule has 1 aromatic heterocycles. The van der Waals surface area contributed by atoms with Crippen LogP contribution in [0, 0.1) is 11.6 Å². The lowest BCUT2D eigenvalue weighted by molar-refractivity contribution is 0.198. The molecule has 0 saturated carbocycles. The predicted molar refractivity (Wildman–Crippen MR) is 61.3 cm³/mol. The second kappa shape index (κ2) is 5.10. The molecule has 0 aliphatic heterocycles. The third-order valence-corrected chi connectivity index (χ3v) is 2.36. The van der Waals surface area contributed by atoms with Crippen LogP contribution in [0.1, 0.15) is 18.6 Å². The summed E-state index contributed by atoms with van der Waals surface area (Å²) >= 11 is 0. The Hall–Kier alpha value is -2.01. The Morgan fingerprint density at radius 2 is 1.94 bits per heavy atom. The maximum Gasteiger partial charge on any atom is 0.219 e. The van der Waals surface area contributed by atoms with Crippen LogP contribution in [-0.4, -0.2) is 10.1 Å². The molecule has 0 saturated heterocycles. The van der Waals surface area contributed by atoms with Gasteiger partial charge in [-0.3, -0.25) is 0 Å². The summed E-state index contributed by atoms with van der Waals surface area (Å²) in [4.78, 5) is 3.95. The van der Waals surface area contributed by atoms with Gasteiger partial charge in [0.1, 0.15) is 5.75 Å². The molecule has 18 heavy (non-hydrogen) atoms. The van der Waals surface area contributed by atoms with Crippen LogP contribution >= 0.6 is 0 Å². The highest BCUT2D eigenvalue weighted by molar-refractivity contribution is 5.29. The van der Waals surface area contributed by atoms with Crippen LogP contribution in [0.2, 0.25) is 0 Å². The minimum atomic E-state index is -0.979. The van der Waals surface area contributed by atoms with E-state index in [0.29, 0.717) is 5.56 Å². The van der Waals surface area contributed by atoms with E-state index in [9.17, 15) is 13.9 Å². The van der Waals surface area contributed by atoms with Crippen molar-refractivity contribution < 1.29 is 18.6 Å². The molecule has 5 heteroatoms. The smallest absolute Gasteiger partial charge is 0.219 e. The maximum absolute atomic E-state index is 12.9. The Morgan fingerprint density at radius 1 is 1.17 bits per heavy atom. The average molecular weight is 251 g/mol. The Balaban J connectivity index is 2.15. The predicted octanol–water partition coefficient (Wildman–Crippen LogP) is 3.21. The number of ether oxygens (including phenoxy) is 1. The molecule has 0 aliphatic carbocycles. The van der Waals surface area contributed by atoms with E-state index in [4.69, 9.17) is 4.74 Å². The molecule has 2 rings (SSSR count). The molecule has 0 spiro atoms. The fraction of sp³-hybridized carbons (Fsp3) is 0.154. The number of aromatic nitrogens is 1. The van der Waals surface area contributed by atoms with Gasteiger partial charge in [-0.1, -0.05) is 0 Å². The number of nitrogens with zero attached hydrogens (tertiary/aromatic N) is 1. The third-order valence-electron chi connectivity index (χ3n) is 2.36. The average Bonchev–Trinajstić information content (AvgIpc) is 2.34. The van der Waals surface area contributed by atoms with Crippen molar-refractivity contribution in [1.82, 2.24) is 4.98 Å². The highest BCUT2D eigenvalue weighted by atomic mass is 19.2. The molecule has 1 N–H and O–H groups in total. The highest BCUT2D eigenvalue weighted by Crippen LogP contribution is 2.22. The standard InChI is InChI=1S/C13H11F2NO2/c1-8(17)9-2-5-13(16-7-9)18-10-3-4-11(14)12(15)6-10/h2-8,17H,1H3. The maximum atomic E-state index is 12.9. The van der Waals surface area contributed by atoms with Gasteiger partial charge in [-0.15, -0.1) is 0 Å². The van der Waals surface area contributed by atoms with Crippen LogP contribution in [0.15, 0.2) is 36.5 Å². The molecule has 2 aromatic rings. The van der Waals surface area contributed by atoms with Gasteiger partial charge in [-0.2, -0.15) is 0 Å². The van der Waals surface area contributed by atoms with Gasteiger partial charge in [0.05, 0.1) is 6.10 Å². The Morgan fingerprint density at radius 3 is 2.50 bits per heavy atom. The zero-order valence-electron chi connectivity index (χ0n) is 9.60. The van der Waals surface area contributed by atoms with Crippen molar-refractivity contribution in [3.8, 4) is 11.6 Å². The summed E-state index contributed by atoms with van der Waals surface area (Å²) < 4.78 is 30.9. The molecule has 3 nitrogen and oxygen atoms in total. The first-order valence-corrected chi connectivity index (χ1v) is 5.33. The van der Waals surface area contributed by atoms with Crippen molar-refractivity contribution in [3.63, 3.8) is 0 Å². The zero-order chi connectivity index (χ0) is 13.1. The van der Waals surface area contributed by atoms with Crippen LogP contribution in [0.3, 0.4) is 0 Å². The van der Waals surface area contributed by atoms with Crippen molar-refractivity contribution in [2.75, 3.05) is 0 Å². The molecule has 0 amide bonds. The second-order valence-corrected chi connectivity index (χ2v) is 3.78. The summed E-state index contributed by atoms with van der Waals surface area (Å²) in [6.45, 7) is 1.62. The van der Waals surface area contributed by atoms with E-state index < -0.39 is 17.7 Å². The lowest BCUT2D eigenvalue weighted by Gasteiger charge is -2.07. The number of rotatable bonds is 3. The van der Waals surface area contributed by atoms with Crippen molar-refractivity contribution >= 4 is 0 Å². The fourth-order valence-electron chi connectivity index (χ4n) is 1.36. The summed E-state index contributed by atoms with van der Waals surface area (Å²) in [6, 6.07) is 6.42. The molecule has 1 unspecified atom stereocenters. The van der Waals surface area contributed by atoms with E-state index in [1.165, 1.54) is 12.3 Å². The number of benzene rings is 1. The van der Waals surface area contributed by atoms with Gasteiger partial charge < -0.3 is 9.84 Å². The lowest BCUT2D eigenvalue weighted by Crippen LogP contribution is -1.94. The molecule has 94 valence electrons. The first-order valence-electron chi connectivity index (χ1n) is 5.33. The SMILES string of the molecule is CC(O)c1ccc(Oc2ccc(F)c(F)c2)nc1. The normalized spacial score (nSPS) is 12.2. The minimum absolute atomic E-state index is 0.159. The van der Waals surface area contributed by atoms with Gasteiger partial charge in [0, 0.05) is 18.3 Å². The third kappa shape index (κ3) is 2.81. The fourth-order valence-corrected chi connectivity index (χ4v) is 1.36. The number of aliphatic hydroxyl groups is 1. The van der Waals surface area contributed by atoms with E-state index in [0.717, 1.165) is 12.1 Å². The Kier molecular flexibility index (Phi) is 3.53. The van der Waals surface area contributed by atoms with E-state index in [1.54, 1.807) is 19.1 Å². The molecule has 1 aromatic carbocycles. The number of aliphatic hydroxyl groups excluding tert-OH is 1. The number of hydrogen-bond acceptors (Lipinski definition) is 3. The number of hydrogen-bond donors (Lipinski definition) is 1. The van der Waals surface area contributed by atoms with E-state index in [2.05, 4.69) is 4.98 Å². The minimum Gasteiger partial charge on any atom is -0.439 e. The number of pyridine rings is 1. The molecule has 0 bridgehead atoms. The lowest BCUT2D eigenvalue weighted by atomic mass is 10.2. The van der Waals surface area contributed by atoms with Crippen molar-refractivity contribution in [1.29, 1.82) is 0 Å². The summed E-state index contributed by atoms with van der Waals surface area (Å²) in [5, 5.41) is 9.30. The van der Waals surface area contributed by atoms with Gasteiger partial charge in [-0.25, -0.2) is 13.8 Å². The van der Waals surface area contributed by atoms with Crippen LogP contribution < -0.4 is 4.74 Å². The summed E-state index contributed by atoms with van der Waals surface area (Å²) in [5.41, 5.74) is 0.646. The van der Waals surface area contributed by atoms with Crippen molar-refractivity contribution in [2.45, 2.75) is 13.0 Å². The Labute approximate surface area is 103 Å². The number of halogens is 2. The molecule has 1 heterocycles. The molecular weight excluding hydrogens is 240 g/mol. The monoisotopic (exact) mass is 251 g/mol. The van der Waals surface area contributed by atoms with Gasteiger partial charge in [-0.05, 0) is 30.7 Å². The first kappa shape index (κ1) is 12.4. The van der Waals surface area contributed by atoms with Gasteiger partial charge in [0.2, 0.25) is 5.88 Å². The van der Waals surface area contributed by atoms with Crippen molar-refractivity contribution in [2.24, 2.45) is 0 Å². The largest absolute Gasteiger partial charge is 0.439 e. The Bertz CT molecular complexity index is 541. The molecule has 0 aliphatic rings. The van der Waals surface area contributed by atoms with Crippen molar-refractivity contribution in [3.05, 3.63) is 53.7 Å². The van der Waals surface area contributed by atoms with E-state index >= 15 is 0 Å². The summed E-state index contributed by atoms with van der Waals surface area (Å²) in [6.07, 6.45) is 0.842. The van der Waals surface area contributed by atoms with E-state index in [-0.39, 0.29) is 11.6 Å². The van der Waals surface area contributed by atoms with Crippen LogP contribution in [-0.2, 0) is 0 Å². The molecule has 0 fully saturated rings.